The Balaban J connectivity index is 2.29. The molecule has 112 valence electrons. The van der Waals surface area contributed by atoms with Crippen LogP contribution < -0.4 is 9.47 Å². The van der Waals surface area contributed by atoms with E-state index < -0.39 is 0 Å². The quantitative estimate of drug-likeness (QED) is 0.630. The van der Waals surface area contributed by atoms with E-state index >= 15 is 0 Å². The molecule has 1 saturated heterocycles. The van der Waals surface area contributed by atoms with E-state index in [4.69, 9.17) is 14.2 Å². The average molecular weight is 408 g/mol. The van der Waals surface area contributed by atoms with Gasteiger partial charge in [-0.05, 0) is 44.4 Å². The Bertz CT molecular complexity index is 445. The highest BCUT2D eigenvalue weighted by molar-refractivity contribution is 9.11. The fourth-order valence-electron chi connectivity index (χ4n) is 2.33. The van der Waals surface area contributed by atoms with Crippen LogP contribution in [0.5, 0.6) is 11.5 Å². The Morgan fingerprint density at radius 3 is 2.45 bits per heavy atom. The highest BCUT2D eigenvalue weighted by atomic mass is 79.9. The van der Waals surface area contributed by atoms with E-state index in [0.717, 1.165) is 41.0 Å². The Morgan fingerprint density at radius 2 is 1.90 bits per heavy atom. The fourth-order valence-corrected chi connectivity index (χ4v) is 4.00. The minimum absolute atomic E-state index is 0.161. The Hall–Kier alpha value is -0.260. The molecule has 2 atom stereocenters. The molecule has 0 saturated carbocycles. The van der Waals surface area contributed by atoms with Crippen LogP contribution in [0.15, 0.2) is 16.6 Å². The van der Waals surface area contributed by atoms with Crippen LogP contribution in [0.2, 0.25) is 0 Å². The summed E-state index contributed by atoms with van der Waals surface area (Å²) in [5.74, 6) is 1.56. The number of rotatable bonds is 6. The molecule has 20 heavy (non-hydrogen) atoms. The first kappa shape index (κ1) is 16.1. The third-order valence-electron chi connectivity index (χ3n) is 3.25. The highest BCUT2D eigenvalue weighted by Gasteiger charge is 2.27. The number of halogens is 2. The molecule has 1 aromatic carbocycles. The number of benzene rings is 1. The topological polar surface area (TPSA) is 27.7 Å². The first-order valence-electron chi connectivity index (χ1n) is 7.02. The largest absolute Gasteiger partial charge is 0.490 e. The summed E-state index contributed by atoms with van der Waals surface area (Å²) >= 11 is 7.39. The van der Waals surface area contributed by atoms with Crippen LogP contribution in [0.1, 0.15) is 37.1 Å². The van der Waals surface area contributed by atoms with Gasteiger partial charge < -0.3 is 14.2 Å². The summed E-state index contributed by atoms with van der Waals surface area (Å²) in [4.78, 5) is 0.161. The lowest BCUT2D eigenvalue weighted by atomic mass is 10.0. The monoisotopic (exact) mass is 406 g/mol. The van der Waals surface area contributed by atoms with Crippen LogP contribution in [-0.2, 0) is 4.74 Å². The second-order valence-electron chi connectivity index (χ2n) is 4.64. The number of hydrogen-bond acceptors (Lipinski definition) is 3. The molecule has 1 aliphatic rings. The molecular weight excluding hydrogens is 388 g/mol. The van der Waals surface area contributed by atoms with E-state index in [1.165, 1.54) is 0 Å². The molecule has 0 spiro atoms. The maximum absolute atomic E-state index is 5.76. The molecule has 0 aromatic heterocycles. The smallest absolute Gasteiger partial charge is 0.162 e. The fraction of sp³-hybridized carbons (Fsp3) is 0.600. The van der Waals surface area contributed by atoms with Gasteiger partial charge in [0.05, 0.1) is 24.1 Å². The van der Waals surface area contributed by atoms with Crippen molar-refractivity contribution in [3.05, 3.63) is 22.2 Å². The van der Waals surface area contributed by atoms with Crippen LogP contribution >= 0.6 is 31.9 Å². The average Bonchev–Trinajstić information content (AvgIpc) is 2.95. The van der Waals surface area contributed by atoms with Crippen molar-refractivity contribution in [1.29, 1.82) is 0 Å². The molecule has 0 N–H and O–H groups in total. The lowest BCUT2D eigenvalue weighted by molar-refractivity contribution is 0.110. The van der Waals surface area contributed by atoms with Gasteiger partial charge in [-0.3, -0.25) is 0 Å². The van der Waals surface area contributed by atoms with Gasteiger partial charge in [0.25, 0.3) is 0 Å². The molecule has 1 heterocycles. The van der Waals surface area contributed by atoms with Crippen molar-refractivity contribution in [2.75, 3.05) is 19.8 Å². The predicted octanol–water partition coefficient (Wildman–Crippen LogP) is 4.86. The van der Waals surface area contributed by atoms with Gasteiger partial charge in [0, 0.05) is 11.1 Å². The van der Waals surface area contributed by atoms with Crippen molar-refractivity contribution in [3.8, 4) is 11.5 Å². The first-order chi connectivity index (χ1) is 9.67. The lowest BCUT2D eigenvalue weighted by Crippen LogP contribution is -2.13. The second kappa shape index (κ2) is 7.66. The zero-order valence-corrected chi connectivity index (χ0v) is 15.0. The standard InChI is InChI=1S/C15H20Br2O3/c1-3-18-13-8-10(11(16)9-14(13)19-4-2)15(17)12-6-5-7-20-12/h8-9,12,15H,3-7H2,1-2H3. The SMILES string of the molecule is CCOc1cc(Br)c(C(Br)C2CCCO2)cc1OCC. The lowest BCUT2D eigenvalue weighted by Gasteiger charge is -2.21. The summed E-state index contributed by atoms with van der Waals surface area (Å²) in [5, 5.41) is 0. The van der Waals surface area contributed by atoms with E-state index in [2.05, 4.69) is 31.9 Å². The molecule has 0 amide bonds. The highest BCUT2D eigenvalue weighted by Crippen LogP contribution is 2.42. The normalized spacial score (nSPS) is 19.9. The summed E-state index contributed by atoms with van der Waals surface area (Å²) < 4.78 is 18.1. The molecule has 0 radical (unpaired) electrons. The second-order valence-corrected chi connectivity index (χ2v) is 6.48. The van der Waals surface area contributed by atoms with Crippen LogP contribution in [0.3, 0.4) is 0 Å². The van der Waals surface area contributed by atoms with Crippen LogP contribution in [0, 0.1) is 0 Å². The Kier molecular flexibility index (Phi) is 6.18. The van der Waals surface area contributed by atoms with E-state index in [0.29, 0.717) is 13.2 Å². The van der Waals surface area contributed by atoms with Crippen molar-refractivity contribution in [2.45, 2.75) is 37.6 Å². The summed E-state index contributed by atoms with van der Waals surface area (Å²) in [5.41, 5.74) is 1.14. The van der Waals surface area contributed by atoms with Crippen LogP contribution in [0.25, 0.3) is 0 Å². The van der Waals surface area contributed by atoms with Gasteiger partial charge in [-0.25, -0.2) is 0 Å². The van der Waals surface area contributed by atoms with Crippen molar-refractivity contribution in [3.63, 3.8) is 0 Å². The minimum Gasteiger partial charge on any atom is -0.490 e. The maximum Gasteiger partial charge on any atom is 0.162 e. The minimum atomic E-state index is 0.161. The van der Waals surface area contributed by atoms with E-state index in [1.54, 1.807) is 0 Å². The molecule has 1 aliphatic heterocycles. The van der Waals surface area contributed by atoms with Crippen molar-refractivity contribution in [2.24, 2.45) is 0 Å². The molecule has 0 aliphatic carbocycles. The zero-order chi connectivity index (χ0) is 14.5. The van der Waals surface area contributed by atoms with E-state index in [-0.39, 0.29) is 10.9 Å². The summed E-state index contributed by atoms with van der Waals surface area (Å²) in [6, 6.07) is 4.02. The molecule has 2 rings (SSSR count). The zero-order valence-electron chi connectivity index (χ0n) is 11.8. The number of ether oxygens (including phenoxy) is 3. The Labute approximate surface area is 137 Å². The van der Waals surface area contributed by atoms with Gasteiger partial charge in [-0.2, -0.15) is 0 Å². The molecular formula is C15H20Br2O3. The predicted molar refractivity (Wildman–Crippen MR) is 87.1 cm³/mol. The van der Waals surface area contributed by atoms with Crippen LogP contribution in [0.4, 0.5) is 0 Å². The van der Waals surface area contributed by atoms with E-state index in [1.807, 2.05) is 26.0 Å². The molecule has 2 unspecified atom stereocenters. The van der Waals surface area contributed by atoms with Gasteiger partial charge in [-0.15, -0.1) is 0 Å². The maximum atomic E-state index is 5.76. The van der Waals surface area contributed by atoms with Gasteiger partial charge in [0.2, 0.25) is 0 Å². The summed E-state index contributed by atoms with van der Waals surface area (Å²) in [6.45, 7) is 6.03. The van der Waals surface area contributed by atoms with Gasteiger partial charge in [0.1, 0.15) is 0 Å². The van der Waals surface area contributed by atoms with Crippen molar-refractivity contribution < 1.29 is 14.2 Å². The van der Waals surface area contributed by atoms with Gasteiger partial charge >= 0.3 is 0 Å². The molecule has 1 aromatic rings. The first-order valence-corrected chi connectivity index (χ1v) is 8.73. The van der Waals surface area contributed by atoms with Crippen molar-refractivity contribution >= 4 is 31.9 Å². The third kappa shape index (κ3) is 3.68. The van der Waals surface area contributed by atoms with Crippen molar-refractivity contribution in [1.82, 2.24) is 0 Å². The molecule has 0 bridgehead atoms. The third-order valence-corrected chi connectivity index (χ3v) is 5.02. The number of alkyl halides is 1. The van der Waals surface area contributed by atoms with Gasteiger partial charge in [-0.1, -0.05) is 31.9 Å². The van der Waals surface area contributed by atoms with Gasteiger partial charge in [0.15, 0.2) is 11.5 Å². The Morgan fingerprint density at radius 1 is 1.25 bits per heavy atom. The summed E-state index contributed by atoms with van der Waals surface area (Å²) in [6.07, 6.45) is 2.43. The molecule has 3 nitrogen and oxygen atoms in total. The molecule has 1 fully saturated rings. The molecule has 5 heteroatoms. The van der Waals surface area contributed by atoms with Crippen LogP contribution in [-0.4, -0.2) is 25.9 Å². The summed E-state index contributed by atoms with van der Waals surface area (Å²) in [7, 11) is 0. The number of hydrogen-bond donors (Lipinski definition) is 0. The van der Waals surface area contributed by atoms with E-state index in [9.17, 15) is 0 Å².